The van der Waals surface area contributed by atoms with Crippen LogP contribution in [0.1, 0.15) is 20.7 Å². The van der Waals surface area contributed by atoms with E-state index in [2.05, 4.69) is 0 Å². The maximum Gasteiger partial charge on any atom is 0.259 e. The first-order valence-corrected chi connectivity index (χ1v) is 13.2. The van der Waals surface area contributed by atoms with E-state index in [0.29, 0.717) is 33.3 Å². The van der Waals surface area contributed by atoms with E-state index in [4.69, 9.17) is 0 Å². The number of benzene rings is 6. The lowest BCUT2D eigenvalue weighted by molar-refractivity contribution is -0.128. The summed E-state index contributed by atoms with van der Waals surface area (Å²) in [5, 5.41) is 7.09. The Morgan fingerprint density at radius 2 is 0.800 bits per heavy atom. The summed E-state index contributed by atoms with van der Waals surface area (Å²) in [6.07, 6.45) is 0. The molecule has 1 fully saturated rings. The highest BCUT2D eigenvalue weighted by molar-refractivity contribution is 6.43. The Kier molecular flexibility index (Phi) is 3.87. The van der Waals surface area contributed by atoms with Crippen LogP contribution in [0.25, 0.3) is 43.1 Å². The van der Waals surface area contributed by atoms with Crippen molar-refractivity contribution in [1.82, 2.24) is 0 Å². The third kappa shape index (κ3) is 2.49. The van der Waals surface area contributed by atoms with Gasteiger partial charge in [-0.2, -0.15) is 0 Å². The second-order valence-corrected chi connectivity index (χ2v) is 10.7. The fourth-order valence-corrected chi connectivity index (χ4v) is 6.91. The average Bonchev–Trinajstić information content (AvgIpc) is 3.46. The van der Waals surface area contributed by atoms with Gasteiger partial charge in [0, 0.05) is 0 Å². The van der Waals surface area contributed by atoms with E-state index in [0.717, 1.165) is 32.3 Å². The van der Waals surface area contributed by atoms with E-state index in [9.17, 15) is 19.2 Å². The molecule has 6 aromatic carbocycles. The van der Waals surface area contributed by atoms with Crippen LogP contribution in [0.3, 0.4) is 0 Å². The highest BCUT2D eigenvalue weighted by Crippen LogP contribution is 2.47. The van der Waals surface area contributed by atoms with Crippen molar-refractivity contribution >= 4 is 77.8 Å². The zero-order valence-corrected chi connectivity index (χ0v) is 20.9. The number of fused-ring (bicyclic) bond motifs is 12. The number of rotatable bonds is 0. The van der Waals surface area contributed by atoms with Gasteiger partial charge in [0.2, 0.25) is 0 Å². The van der Waals surface area contributed by atoms with Crippen LogP contribution in [0.15, 0.2) is 97.1 Å². The minimum Gasteiger partial charge on any atom is -0.291 e. The number of amides is 2. The van der Waals surface area contributed by atoms with Crippen molar-refractivity contribution in [2.75, 3.05) is 9.80 Å². The van der Waals surface area contributed by atoms with Crippen LogP contribution in [-0.4, -0.2) is 35.5 Å². The SMILES string of the molecule is O=C1c2c(ccc3cc4ccccc4cc23)N2C(=O)C3C(=O)c4c(ccc5cc6ccccc6cc45)N3C(=O)C12. The van der Waals surface area contributed by atoms with Gasteiger partial charge in [0.1, 0.15) is 0 Å². The first kappa shape index (κ1) is 21.6. The maximum absolute atomic E-state index is 14.1. The van der Waals surface area contributed by atoms with E-state index < -0.39 is 35.5 Å². The molecule has 9 rings (SSSR count). The summed E-state index contributed by atoms with van der Waals surface area (Å²) in [5.41, 5.74) is 1.48. The Morgan fingerprint density at radius 3 is 1.20 bits per heavy atom. The quantitative estimate of drug-likeness (QED) is 0.188. The summed E-state index contributed by atoms with van der Waals surface area (Å²) in [4.78, 5) is 58.6. The lowest BCUT2D eigenvalue weighted by atomic mass is 9.96. The molecular formula is C34H18N2O4. The Balaban J connectivity index is 1.24. The van der Waals surface area contributed by atoms with E-state index in [1.807, 2.05) is 84.9 Å². The molecule has 6 heteroatoms. The van der Waals surface area contributed by atoms with Gasteiger partial charge < -0.3 is 0 Å². The third-order valence-electron chi connectivity index (χ3n) is 8.70. The lowest BCUT2D eigenvalue weighted by Gasteiger charge is -2.37. The predicted octanol–water partition coefficient (Wildman–Crippen LogP) is 5.81. The van der Waals surface area contributed by atoms with E-state index in [1.54, 1.807) is 12.1 Å². The molecule has 2 atom stereocenters. The molecule has 0 spiro atoms. The molecule has 0 saturated carbocycles. The summed E-state index contributed by atoms with van der Waals surface area (Å²) in [5.74, 6) is -1.93. The Bertz CT molecular complexity index is 2070. The molecule has 1 saturated heterocycles. The summed E-state index contributed by atoms with van der Waals surface area (Å²) < 4.78 is 0. The van der Waals surface area contributed by atoms with Crippen molar-refractivity contribution < 1.29 is 19.2 Å². The normalized spacial score (nSPS) is 19.6. The first-order valence-electron chi connectivity index (χ1n) is 13.2. The Hall–Kier alpha value is -5.36. The van der Waals surface area contributed by atoms with Gasteiger partial charge in [-0.25, -0.2) is 0 Å². The van der Waals surface area contributed by atoms with Crippen molar-refractivity contribution in [2.45, 2.75) is 12.1 Å². The summed E-state index contributed by atoms with van der Waals surface area (Å²) >= 11 is 0. The van der Waals surface area contributed by atoms with Crippen LogP contribution >= 0.6 is 0 Å². The molecule has 0 aromatic heterocycles. The molecule has 0 bridgehead atoms. The largest absolute Gasteiger partial charge is 0.291 e. The van der Waals surface area contributed by atoms with Crippen LogP contribution in [0, 0.1) is 0 Å². The Morgan fingerprint density at radius 1 is 0.425 bits per heavy atom. The molecule has 0 aliphatic carbocycles. The van der Waals surface area contributed by atoms with Gasteiger partial charge in [-0.05, 0) is 79.5 Å². The topological polar surface area (TPSA) is 74.8 Å². The molecule has 0 radical (unpaired) electrons. The lowest BCUT2D eigenvalue weighted by Crippen LogP contribution is -2.65. The Labute approximate surface area is 227 Å². The molecule has 6 aromatic rings. The molecule has 3 aliphatic heterocycles. The molecule has 188 valence electrons. The van der Waals surface area contributed by atoms with Crippen LogP contribution in [0.4, 0.5) is 11.4 Å². The number of hydrogen-bond donors (Lipinski definition) is 0. The fourth-order valence-electron chi connectivity index (χ4n) is 6.91. The van der Waals surface area contributed by atoms with E-state index >= 15 is 0 Å². The minimum atomic E-state index is -1.33. The van der Waals surface area contributed by atoms with Crippen molar-refractivity contribution in [3.8, 4) is 0 Å². The molecule has 3 aliphatic rings. The van der Waals surface area contributed by atoms with Gasteiger partial charge >= 0.3 is 0 Å². The van der Waals surface area contributed by atoms with Gasteiger partial charge in [0.15, 0.2) is 23.7 Å². The van der Waals surface area contributed by atoms with E-state index in [-0.39, 0.29) is 0 Å². The second kappa shape index (κ2) is 7.18. The number of carbonyl (C=O) groups excluding carboxylic acids is 4. The molecule has 40 heavy (non-hydrogen) atoms. The number of anilines is 2. The summed E-state index contributed by atoms with van der Waals surface area (Å²) in [6, 6.07) is 28.1. The molecule has 2 amide bonds. The molecule has 0 N–H and O–H groups in total. The minimum absolute atomic E-state index is 0.355. The predicted molar refractivity (Wildman–Crippen MR) is 154 cm³/mol. The van der Waals surface area contributed by atoms with Crippen LogP contribution in [-0.2, 0) is 9.59 Å². The summed E-state index contributed by atoms with van der Waals surface area (Å²) in [6.45, 7) is 0. The first-order chi connectivity index (χ1) is 19.5. The highest BCUT2D eigenvalue weighted by atomic mass is 16.2. The standard InChI is InChI=1S/C34H18N2O4/c37-31-27-23-15-19-7-3-1-5-17(19)13-21(23)9-11-25(27)35-29(31)33(39)36-26-12-10-22-14-18-6-2-4-8-20(18)16-24(22)28(26)32(38)30(36)34(35)40/h1-16,29-30H. The van der Waals surface area contributed by atoms with Crippen molar-refractivity contribution in [3.05, 3.63) is 108 Å². The van der Waals surface area contributed by atoms with Gasteiger partial charge in [0.25, 0.3) is 11.8 Å². The molecular weight excluding hydrogens is 500 g/mol. The summed E-state index contributed by atoms with van der Waals surface area (Å²) in [7, 11) is 0. The van der Waals surface area contributed by atoms with Crippen molar-refractivity contribution in [2.24, 2.45) is 0 Å². The number of carbonyl (C=O) groups is 4. The monoisotopic (exact) mass is 518 g/mol. The third-order valence-corrected chi connectivity index (χ3v) is 8.70. The van der Waals surface area contributed by atoms with Crippen LogP contribution in [0.5, 0.6) is 0 Å². The van der Waals surface area contributed by atoms with Crippen molar-refractivity contribution in [3.63, 3.8) is 0 Å². The number of piperazine rings is 1. The molecule has 3 heterocycles. The van der Waals surface area contributed by atoms with Crippen LogP contribution in [0.2, 0.25) is 0 Å². The molecule has 6 nitrogen and oxygen atoms in total. The number of nitrogens with zero attached hydrogens (tertiary/aromatic N) is 2. The zero-order valence-electron chi connectivity index (χ0n) is 20.9. The zero-order chi connectivity index (χ0) is 26.9. The van der Waals surface area contributed by atoms with Gasteiger partial charge in [-0.1, -0.05) is 60.7 Å². The fraction of sp³-hybridized carbons (Fsp3) is 0.0588. The number of Topliss-reactive ketones (excluding diaryl/α,β-unsaturated/α-hetero) is 2. The molecule has 2 unspecified atom stereocenters. The highest BCUT2D eigenvalue weighted by Gasteiger charge is 2.60. The number of ketones is 2. The van der Waals surface area contributed by atoms with Gasteiger partial charge in [-0.3, -0.25) is 29.0 Å². The van der Waals surface area contributed by atoms with E-state index in [1.165, 1.54) is 9.80 Å². The second-order valence-electron chi connectivity index (χ2n) is 10.7. The number of hydrogen-bond acceptors (Lipinski definition) is 4. The van der Waals surface area contributed by atoms with Gasteiger partial charge in [-0.15, -0.1) is 0 Å². The smallest absolute Gasteiger partial charge is 0.259 e. The van der Waals surface area contributed by atoms with Gasteiger partial charge in [0.05, 0.1) is 22.5 Å². The van der Waals surface area contributed by atoms with Crippen LogP contribution < -0.4 is 9.80 Å². The maximum atomic E-state index is 14.1. The van der Waals surface area contributed by atoms with Crippen molar-refractivity contribution in [1.29, 1.82) is 0 Å². The average molecular weight is 519 g/mol.